The van der Waals surface area contributed by atoms with E-state index < -0.39 is 16.8 Å². The molecule has 0 aliphatic heterocycles. The average Bonchev–Trinajstić information content (AvgIpc) is 3.21. The third-order valence-electron chi connectivity index (χ3n) is 4.17. The Morgan fingerprint density at radius 2 is 1.77 bits per heavy atom. The second-order valence-electron chi connectivity index (χ2n) is 6.20. The van der Waals surface area contributed by atoms with Crippen molar-refractivity contribution in [3.8, 4) is 17.2 Å². The van der Waals surface area contributed by atoms with Crippen LogP contribution in [-0.4, -0.2) is 12.0 Å². The number of hydrogen-bond donors (Lipinski definition) is 1. The largest absolute Gasteiger partial charge is 0.426 e. The first-order valence-corrected chi connectivity index (χ1v) is 11.2. The van der Waals surface area contributed by atoms with Crippen LogP contribution in [0.5, 0.6) is 0 Å². The summed E-state index contributed by atoms with van der Waals surface area (Å²) in [7, 11) is 0. The Hall–Kier alpha value is -2.73. The Morgan fingerprint density at radius 1 is 1.13 bits per heavy atom. The molecule has 31 heavy (non-hydrogen) atoms. The van der Waals surface area contributed by atoms with E-state index in [1.165, 1.54) is 6.07 Å². The van der Waals surface area contributed by atoms with E-state index in [4.69, 9.17) is 11.6 Å². The molecule has 9 heteroatoms. The summed E-state index contributed by atoms with van der Waals surface area (Å²) in [6, 6.07) is 17.7. The summed E-state index contributed by atoms with van der Waals surface area (Å²) < 4.78 is 40.9. The average molecular weight is 479 g/mol. The van der Waals surface area contributed by atoms with Crippen molar-refractivity contribution in [3.63, 3.8) is 0 Å². The van der Waals surface area contributed by atoms with Crippen LogP contribution in [0.25, 0.3) is 11.1 Å². The zero-order valence-corrected chi connectivity index (χ0v) is 18.3. The number of thioether (sulfide) groups is 1. The number of rotatable bonds is 6. The molecule has 0 atom stereocenters. The van der Waals surface area contributed by atoms with Crippen molar-refractivity contribution in [2.24, 2.45) is 0 Å². The highest BCUT2D eigenvalue weighted by molar-refractivity contribution is 8.02. The first-order valence-electron chi connectivity index (χ1n) is 8.76. The molecule has 158 valence electrons. The molecule has 1 aromatic heterocycles. The normalized spacial score (nSPS) is 12.1. The Balaban J connectivity index is 2.05. The van der Waals surface area contributed by atoms with E-state index >= 15 is 0 Å². The SMILES string of the molecule is CS/C(Nc1ccc(Cl)cc1)=C(\C#N)C(=O)c1cc(-c2ccccc2)c(C(F)(F)F)s1. The number of thiophene rings is 1. The van der Waals surface area contributed by atoms with E-state index in [2.05, 4.69) is 5.32 Å². The van der Waals surface area contributed by atoms with Gasteiger partial charge in [0.25, 0.3) is 0 Å². The zero-order chi connectivity index (χ0) is 22.6. The summed E-state index contributed by atoms with van der Waals surface area (Å²) in [6.07, 6.45) is -2.97. The Labute approximate surface area is 190 Å². The summed E-state index contributed by atoms with van der Waals surface area (Å²) >= 11 is 7.31. The highest BCUT2D eigenvalue weighted by Gasteiger charge is 2.37. The molecule has 1 heterocycles. The highest BCUT2D eigenvalue weighted by atomic mass is 35.5. The number of carbonyl (C=O) groups is 1. The van der Waals surface area contributed by atoms with Crippen molar-refractivity contribution in [1.82, 2.24) is 0 Å². The molecule has 0 aliphatic carbocycles. The molecule has 1 N–H and O–H groups in total. The minimum Gasteiger partial charge on any atom is -0.349 e. The van der Waals surface area contributed by atoms with E-state index in [0.717, 1.165) is 11.8 Å². The van der Waals surface area contributed by atoms with Gasteiger partial charge in [-0.3, -0.25) is 4.79 Å². The van der Waals surface area contributed by atoms with Crippen LogP contribution >= 0.6 is 34.7 Å². The third-order valence-corrected chi connectivity index (χ3v) is 6.32. The lowest BCUT2D eigenvalue weighted by molar-refractivity contribution is -0.133. The number of anilines is 1. The summed E-state index contributed by atoms with van der Waals surface area (Å²) in [6.45, 7) is 0. The number of nitrogens with zero attached hydrogens (tertiary/aromatic N) is 1. The first kappa shape index (κ1) is 22.9. The van der Waals surface area contributed by atoms with E-state index in [0.29, 0.717) is 27.6 Å². The quantitative estimate of drug-likeness (QED) is 0.226. The number of nitrogens with one attached hydrogen (secondary N) is 1. The van der Waals surface area contributed by atoms with Gasteiger partial charge in [-0.05, 0) is 42.2 Å². The summed E-state index contributed by atoms with van der Waals surface area (Å²) in [5.74, 6) is -0.772. The summed E-state index contributed by atoms with van der Waals surface area (Å²) in [4.78, 5) is 12.0. The van der Waals surface area contributed by atoms with Crippen molar-refractivity contribution >= 4 is 46.2 Å². The lowest BCUT2D eigenvalue weighted by atomic mass is 10.0. The molecule has 3 rings (SSSR count). The van der Waals surface area contributed by atoms with Gasteiger partial charge in [0.15, 0.2) is 0 Å². The van der Waals surface area contributed by atoms with Crippen LogP contribution < -0.4 is 5.32 Å². The Bertz CT molecular complexity index is 1160. The van der Waals surface area contributed by atoms with Gasteiger partial charge in [-0.2, -0.15) is 18.4 Å². The van der Waals surface area contributed by atoms with Gasteiger partial charge in [0, 0.05) is 16.3 Å². The molecule has 0 fully saturated rings. The molecule has 3 nitrogen and oxygen atoms in total. The van der Waals surface area contributed by atoms with Crippen LogP contribution in [0.1, 0.15) is 14.5 Å². The van der Waals surface area contributed by atoms with Crippen LogP contribution in [-0.2, 0) is 6.18 Å². The number of benzene rings is 2. The number of alkyl halides is 3. The maximum absolute atomic E-state index is 13.6. The summed E-state index contributed by atoms with van der Waals surface area (Å²) in [5, 5.41) is 13.3. The predicted molar refractivity (Wildman–Crippen MR) is 120 cm³/mol. The van der Waals surface area contributed by atoms with Crippen LogP contribution in [0.15, 0.2) is 71.3 Å². The lowest BCUT2D eigenvalue weighted by Crippen LogP contribution is -2.08. The van der Waals surface area contributed by atoms with Gasteiger partial charge in [0.1, 0.15) is 16.5 Å². The number of carbonyl (C=O) groups excluding carboxylic acids is 1. The molecule has 2 aromatic carbocycles. The number of allylic oxidation sites excluding steroid dienone is 1. The molecular formula is C22H14ClF3N2OS2. The molecule has 0 saturated heterocycles. The third kappa shape index (κ3) is 5.31. The van der Waals surface area contributed by atoms with Crippen molar-refractivity contribution in [3.05, 3.63) is 86.0 Å². The number of hydrogen-bond acceptors (Lipinski definition) is 5. The first-order chi connectivity index (χ1) is 14.7. The van der Waals surface area contributed by atoms with Crippen molar-refractivity contribution in [1.29, 1.82) is 5.26 Å². The maximum atomic E-state index is 13.6. The van der Waals surface area contributed by atoms with E-state index in [9.17, 15) is 23.2 Å². The fourth-order valence-corrected chi connectivity index (χ4v) is 4.44. The van der Waals surface area contributed by atoms with Gasteiger partial charge < -0.3 is 5.32 Å². The van der Waals surface area contributed by atoms with E-state index in [-0.39, 0.29) is 21.0 Å². The van der Waals surface area contributed by atoms with Gasteiger partial charge in [-0.25, -0.2) is 0 Å². The maximum Gasteiger partial charge on any atom is 0.426 e. The second kappa shape index (κ2) is 9.60. The predicted octanol–water partition coefficient (Wildman–Crippen LogP) is 7.48. The minimum atomic E-state index is -4.63. The second-order valence-corrected chi connectivity index (χ2v) is 8.50. The highest BCUT2D eigenvalue weighted by Crippen LogP contribution is 2.43. The fourth-order valence-electron chi connectivity index (χ4n) is 2.75. The molecule has 0 radical (unpaired) electrons. The van der Waals surface area contributed by atoms with E-state index in [1.54, 1.807) is 60.9 Å². The molecule has 0 bridgehead atoms. The number of ketones is 1. The van der Waals surface area contributed by atoms with Crippen LogP contribution in [0.4, 0.5) is 18.9 Å². The summed E-state index contributed by atoms with van der Waals surface area (Å²) in [5.41, 5.74) is 0.575. The molecule has 0 spiro atoms. The van der Waals surface area contributed by atoms with Gasteiger partial charge in [-0.1, -0.05) is 41.9 Å². The number of halogens is 4. The van der Waals surface area contributed by atoms with Crippen LogP contribution in [0, 0.1) is 11.3 Å². The standard InChI is InChI=1S/C22H14ClF3N2OS2/c1-30-21(28-15-9-7-14(23)8-10-15)17(12-27)19(29)18-11-16(13-5-3-2-4-6-13)20(31-18)22(24,25)26/h2-11,28H,1H3/b21-17+. The van der Waals surface area contributed by atoms with Crippen molar-refractivity contribution in [2.75, 3.05) is 11.6 Å². The Kier molecular flexibility index (Phi) is 7.11. The zero-order valence-electron chi connectivity index (χ0n) is 16.0. The van der Waals surface area contributed by atoms with Crippen LogP contribution in [0.3, 0.4) is 0 Å². The van der Waals surface area contributed by atoms with Gasteiger partial charge in [-0.15, -0.1) is 23.1 Å². The fraction of sp³-hybridized carbons (Fsp3) is 0.0909. The van der Waals surface area contributed by atoms with Gasteiger partial charge in [0.05, 0.1) is 9.91 Å². The topological polar surface area (TPSA) is 52.9 Å². The molecule has 0 saturated carbocycles. The molecule has 0 unspecified atom stereocenters. The smallest absolute Gasteiger partial charge is 0.349 e. The van der Waals surface area contributed by atoms with Gasteiger partial charge >= 0.3 is 6.18 Å². The molecule has 3 aromatic rings. The van der Waals surface area contributed by atoms with Crippen LogP contribution in [0.2, 0.25) is 5.02 Å². The van der Waals surface area contributed by atoms with Crippen molar-refractivity contribution in [2.45, 2.75) is 6.18 Å². The monoisotopic (exact) mass is 478 g/mol. The van der Waals surface area contributed by atoms with Crippen molar-refractivity contribution < 1.29 is 18.0 Å². The minimum absolute atomic E-state index is 0.0879. The Morgan fingerprint density at radius 3 is 2.32 bits per heavy atom. The number of nitriles is 1. The molecular weight excluding hydrogens is 465 g/mol. The molecule has 0 aliphatic rings. The lowest BCUT2D eigenvalue weighted by Gasteiger charge is -2.10. The van der Waals surface area contributed by atoms with E-state index in [1.807, 2.05) is 6.07 Å². The van der Waals surface area contributed by atoms with Gasteiger partial charge in [0.2, 0.25) is 5.78 Å². The number of Topliss-reactive ketones (excluding diaryl/α,β-unsaturated/α-hetero) is 1. The molecule has 0 amide bonds.